The van der Waals surface area contributed by atoms with Crippen molar-refractivity contribution >= 4 is 21.7 Å². The van der Waals surface area contributed by atoms with Crippen LogP contribution in [0.1, 0.15) is 29.6 Å². The van der Waals surface area contributed by atoms with E-state index in [4.69, 9.17) is 0 Å². The summed E-state index contributed by atoms with van der Waals surface area (Å²) in [5.74, 6) is -3.33. The van der Waals surface area contributed by atoms with Gasteiger partial charge in [0.25, 0.3) is 0 Å². The second-order valence-corrected chi connectivity index (χ2v) is 9.01. The molecule has 6 nitrogen and oxygen atoms in total. The molecule has 1 aliphatic rings. The van der Waals surface area contributed by atoms with Gasteiger partial charge in [-0.15, -0.1) is 0 Å². The lowest BCUT2D eigenvalue weighted by atomic mass is 9.88. The number of nitrogens with one attached hydrogen (secondary N) is 1. The van der Waals surface area contributed by atoms with Crippen LogP contribution in [0.4, 0.5) is 13.2 Å². The van der Waals surface area contributed by atoms with E-state index in [9.17, 15) is 31.2 Å². The second kappa shape index (κ2) is 9.61. The minimum Gasteiger partial charge on any atom is -0.343 e. The number of carbonyl (C=O) groups excluding carboxylic acids is 2. The number of hydrogen-bond acceptors (Lipinski definition) is 4. The van der Waals surface area contributed by atoms with Gasteiger partial charge in [-0.05, 0) is 55.3 Å². The molecule has 1 amide bonds. The molecule has 0 unspecified atom stereocenters. The molecule has 166 valence electrons. The van der Waals surface area contributed by atoms with E-state index in [1.165, 1.54) is 4.90 Å². The first-order valence-electron chi connectivity index (χ1n) is 9.69. The summed E-state index contributed by atoms with van der Waals surface area (Å²) in [4.78, 5) is 26.2. The minimum atomic E-state index is -3.86. The number of sulfonamides is 1. The van der Waals surface area contributed by atoms with E-state index in [0.29, 0.717) is 12.8 Å². The van der Waals surface area contributed by atoms with Crippen LogP contribution in [0.25, 0.3) is 0 Å². The normalized spacial score (nSPS) is 15.1. The number of amides is 1. The van der Waals surface area contributed by atoms with E-state index in [1.807, 2.05) is 0 Å². The van der Waals surface area contributed by atoms with Gasteiger partial charge in [-0.2, -0.15) is 0 Å². The number of ketones is 1. The van der Waals surface area contributed by atoms with Crippen molar-refractivity contribution in [3.05, 3.63) is 65.5 Å². The Labute approximate surface area is 178 Å². The molecule has 0 atom stereocenters. The number of benzene rings is 2. The monoisotopic (exact) mass is 454 g/mol. The summed E-state index contributed by atoms with van der Waals surface area (Å²) >= 11 is 0. The van der Waals surface area contributed by atoms with Gasteiger partial charge in [0, 0.05) is 32.0 Å². The van der Waals surface area contributed by atoms with Crippen molar-refractivity contribution in [2.45, 2.75) is 24.2 Å². The zero-order chi connectivity index (χ0) is 22.6. The molecule has 1 fully saturated rings. The number of carbonyl (C=O) groups is 2. The van der Waals surface area contributed by atoms with Gasteiger partial charge in [0.05, 0.1) is 10.5 Å². The Morgan fingerprint density at radius 1 is 0.968 bits per heavy atom. The lowest BCUT2D eigenvalue weighted by Crippen LogP contribution is -2.41. The first-order chi connectivity index (χ1) is 14.7. The molecule has 2 aromatic carbocycles. The van der Waals surface area contributed by atoms with Gasteiger partial charge < -0.3 is 4.90 Å². The maximum Gasteiger partial charge on any atom is 0.240 e. The molecule has 3 rings (SSSR count). The Morgan fingerprint density at radius 2 is 1.58 bits per heavy atom. The first-order valence-corrected chi connectivity index (χ1v) is 11.2. The van der Waals surface area contributed by atoms with Gasteiger partial charge in [0.2, 0.25) is 15.9 Å². The fourth-order valence-corrected chi connectivity index (χ4v) is 4.48. The van der Waals surface area contributed by atoms with Crippen molar-refractivity contribution in [2.75, 3.05) is 19.6 Å². The van der Waals surface area contributed by atoms with Crippen LogP contribution >= 0.6 is 0 Å². The van der Waals surface area contributed by atoms with E-state index in [2.05, 4.69) is 4.72 Å². The molecule has 10 heteroatoms. The Bertz CT molecular complexity index is 1070. The molecule has 1 aliphatic heterocycles. The number of hydrogen-bond donors (Lipinski definition) is 1. The number of halogens is 3. The van der Waals surface area contributed by atoms with Crippen molar-refractivity contribution in [2.24, 2.45) is 5.92 Å². The molecule has 0 aromatic heterocycles. The standard InChI is InChI=1S/C21H21F3N2O4S/c22-15-1-4-17(5-2-15)31(29,30)25-10-7-20(27)26-11-8-14(9-12-26)21(28)18-13-16(23)3-6-19(18)24/h1-6,13-14,25H,7-12H2. The summed E-state index contributed by atoms with van der Waals surface area (Å²) in [6.07, 6.45) is 0.529. The highest BCUT2D eigenvalue weighted by Gasteiger charge is 2.29. The summed E-state index contributed by atoms with van der Waals surface area (Å²) in [7, 11) is -3.86. The lowest BCUT2D eigenvalue weighted by molar-refractivity contribution is -0.132. The van der Waals surface area contributed by atoms with E-state index < -0.39 is 39.2 Å². The average Bonchev–Trinajstić information content (AvgIpc) is 2.75. The molecular weight excluding hydrogens is 433 g/mol. The first kappa shape index (κ1) is 23.0. The molecule has 1 saturated heterocycles. The third kappa shape index (κ3) is 5.71. The Balaban J connectivity index is 1.48. The van der Waals surface area contributed by atoms with Crippen LogP contribution in [0.15, 0.2) is 47.4 Å². The third-order valence-corrected chi connectivity index (χ3v) is 6.64. The fraction of sp³-hybridized carbons (Fsp3) is 0.333. The van der Waals surface area contributed by atoms with Crippen molar-refractivity contribution < 1.29 is 31.2 Å². The average molecular weight is 454 g/mol. The molecule has 0 spiro atoms. The Morgan fingerprint density at radius 3 is 2.23 bits per heavy atom. The molecular formula is C21H21F3N2O4S. The summed E-state index contributed by atoms with van der Waals surface area (Å²) in [5, 5.41) is 0. The molecule has 0 saturated carbocycles. The summed E-state index contributed by atoms with van der Waals surface area (Å²) in [6, 6.07) is 7.04. The molecule has 0 bridgehead atoms. The van der Waals surface area contributed by atoms with Crippen molar-refractivity contribution in [3.8, 4) is 0 Å². The van der Waals surface area contributed by atoms with Crippen molar-refractivity contribution in [1.29, 1.82) is 0 Å². The maximum atomic E-state index is 13.8. The fourth-order valence-electron chi connectivity index (χ4n) is 3.44. The number of rotatable bonds is 7. The molecule has 0 radical (unpaired) electrons. The van der Waals surface area contributed by atoms with Crippen LogP contribution in [0.3, 0.4) is 0 Å². The van der Waals surface area contributed by atoms with Gasteiger partial charge in [-0.3, -0.25) is 9.59 Å². The van der Waals surface area contributed by atoms with Crippen LogP contribution in [0, 0.1) is 23.4 Å². The second-order valence-electron chi connectivity index (χ2n) is 7.25. The molecule has 1 heterocycles. The van der Waals surface area contributed by atoms with Crippen molar-refractivity contribution in [1.82, 2.24) is 9.62 Å². The minimum absolute atomic E-state index is 0.0858. The largest absolute Gasteiger partial charge is 0.343 e. The van der Waals surface area contributed by atoms with Crippen molar-refractivity contribution in [3.63, 3.8) is 0 Å². The van der Waals surface area contributed by atoms with E-state index in [-0.39, 0.29) is 42.4 Å². The van der Waals surface area contributed by atoms with Gasteiger partial charge >= 0.3 is 0 Å². The van der Waals surface area contributed by atoms with E-state index in [0.717, 1.165) is 42.5 Å². The SMILES string of the molecule is O=C(c1cc(F)ccc1F)C1CCN(C(=O)CCNS(=O)(=O)c2ccc(F)cc2)CC1. The summed E-state index contributed by atoms with van der Waals surface area (Å²) in [5.41, 5.74) is -0.292. The lowest BCUT2D eigenvalue weighted by Gasteiger charge is -2.31. The van der Waals surface area contributed by atoms with Gasteiger partial charge in [0.1, 0.15) is 17.5 Å². The number of nitrogens with zero attached hydrogens (tertiary/aromatic N) is 1. The Hall–Kier alpha value is -2.72. The number of piperidine rings is 1. The highest BCUT2D eigenvalue weighted by molar-refractivity contribution is 7.89. The summed E-state index contributed by atoms with van der Waals surface area (Å²) in [6.45, 7) is 0.389. The zero-order valence-electron chi connectivity index (χ0n) is 16.5. The predicted molar refractivity (Wildman–Crippen MR) is 106 cm³/mol. The number of likely N-dealkylation sites (tertiary alicyclic amines) is 1. The maximum absolute atomic E-state index is 13.8. The van der Waals surface area contributed by atoms with Crippen LogP contribution in [-0.2, 0) is 14.8 Å². The third-order valence-electron chi connectivity index (χ3n) is 5.17. The van der Waals surface area contributed by atoms with E-state index >= 15 is 0 Å². The molecule has 1 N–H and O–H groups in total. The molecule has 31 heavy (non-hydrogen) atoms. The summed E-state index contributed by atoms with van der Waals surface area (Å²) < 4.78 is 66.7. The highest BCUT2D eigenvalue weighted by atomic mass is 32.2. The predicted octanol–water partition coefficient (Wildman–Crippen LogP) is 2.89. The molecule has 2 aromatic rings. The quantitative estimate of drug-likeness (QED) is 0.653. The van der Waals surface area contributed by atoms with Gasteiger partial charge in [-0.25, -0.2) is 26.3 Å². The molecule has 0 aliphatic carbocycles. The van der Waals surface area contributed by atoms with Crippen LogP contribution in [0.5, 0.6) is 0 Å². The zero-order valence-corrected chi connectivity index (χ0v) is 17.3. The van der Waals surface area contributed by atoms with Crippen LogP contribution < -0.4 is 4.72 Å². The van der Waals surface area contributed by atoms with Gasteiger partial charge in [0.15, 0.2) is 5.78 Å². The topological polar surface area (TPSA) is 83.6 Å². The highest BCUT2D eigenvalue weighted by Crippen LogP contribution is 2.24. The van der Waals surface area contributed by atoms with E-state index in [1.54, 1.807) is 0 Å². The van der Waals surface area contributed by atoms with Gasteiger partial charge in [-0.1, -0.05) is 0 Å². The van der Waals surface area contributed by atoms with Crippen LogP contribution in [-0.4, -0.2) is 44.6 Å². The van der Waals surface area contributed by atoms with Crippen LogP contribution in [0.2, 0.25) is 0 Å². The Kier molecular flexibility index (Phi) is 7.11. The smallest absolute Gasteiger partial charge is 0.240 e. The number of Topliss-reactive ketones (excluding diaryl/α,β-unsaturated/α-hetero) is 1.